The van der Waals surface area contributed by atoms with Gasteiger partial charge in [0.15, 0.2) is 22.5 Å². The number of aromatic nitrogens is 3. The second-order valence-electron chi connectivity index (χ2n) is 7.75. The van der Waals surface area contributed by atoms with Gasteiger partial charge in [-0.05, 0) is 48.0 Å². The molecule has 0 unspecified atom stereocenters. The van der Waals surface area contributed by atoms with E-state index in [1.165, 1.54) is 18.3 Å². The van der Waals surface area contributed by atoms with Gasteiger partial charge in [0.05, 0.1) is 31.8 Å². The van der Waals surface area contributed by atoms with E-state index in [1.807, 2.05) is 41.0 Å². The van der Waals surface area contributed by atoms with Gasteiger partial charge >= 0.3 is 6.18 Å². The largest absolute Gasteiger partial charge is 0.493 e. The lowest BCUT2D eigenvalue weighted by molar-refractivity contribution is -0.137. The number of hydrogen-bond acceptors (Lipinski definition) is 7. The number of benzene rings is 3. The summed E-state index contributed by atoms with van der Waals surface area (Å²) in [6.45, 7) is 0. The third kappa shape index (κ3) is 6.32. The van der Waals surface area contributed by atoms with Gasteiger partial charge in [0.25, 0.3) is 5.91 Å². The van der Waals surface area contributed by atoms with Gasteiger partial charge in [0.1, 0.15) is 0 Å². The van der Waals surface area contributed by atoms with E-state index in [2.05, 4.69) is 20.7 Å². The van der Waals surface area contributed by atoms with Crippen LogP contribution in [0.2, 0.25) is 0 Å². The second-order valence-corrected chi connectivity index (χ2v) is 8.69. The van der Waals surface area contributed by atoms with E-state index in [-0.39, 0.29) is 5.75 Å². The number of para-hydroxylation sites is 1. The maximum atomic E-state index is 12.7. The number of amides is 1. The van der Waals surface area contributed by atoms with Crippen molar-refractivity contribution in [3.8, 4) is 28.6 Å². The monoisotopic (exact) mass is 541 g/mol. The van der Waals surface area contributed by atoms with Crippen molar-refractivity contribution in [2.75, 3.05) is 20.0 Å². The molecule has 1 aromatic heterocycles. The number of hydrazone groups is 1. The Bertz CT molecular complexity index is 1420. The SMILES string of the molecule is COc1ccc(-c2nnc(SCC(=O)N/N=C\c3ccc(C(F)(F)F)cc3)n2-c2ccccc2)cc1OC. The molecule has 8 nitrogen and oxygen atoms in total. The Kier molecular flexibility index (Phi) is 8.31. The van der Waals surface area contributed by atoms with Crippen LogP contribution in [0.15, 0.2) is 83.1 Å². The lowest BCUT2D eigenvalue weighted by Gasteiger charge is -2.12. The molecule has 0 spiro atoms. The Balaban J connectivity index is 1.49. The number of hydrogen-bond donors (Lipinski definition) is 1. The number of halogens is 3. The molecule has 0 aliphatic carbocycles. The molecule has 1 heterocycles. The summed E-state index contributed by atoms with van der Waals surface area (Å²) in [5.74, 6) is 1.20. The van der Waals surface area contributed by atoms with E-state index >= 15 is 0 Å². The Morgan fingerprint density at radius 3 is 2.37 bits per heavy atom. The molecule has 0 bridgehead atoms. The van der Waals surface area contributed by atoms with Crippen molar-refractivity contribution in [3.63, 3.8) is 0 Å². The zero-order valence-electron chi connectivity index (χ0n) is 20.3. The van der Waals surface area contributed by atoms with Crippen LogP contribution >= 0.6 is 11.8 Å². The van der Waals surface area contributed by atoms with Crippen molar-refractivity contribution >= 4 is 23.9 Å². The van der Waals surface area contributed by atoms with E-state index in [1.54, 1.807) is 26.4 Å². The van der Waals surface area contributed by atoms with Gasteiger partial charge in [0, 0.05) is 11.3 Å². The number of methoxy groups -OCH3 is 2. The van der Waals surface area contributed by atoms with Crippen LogP contribution in [-0.2, 0) is 11.0 Å². The van der Waals surface area contributed by atoms with E-state index in [4.69, 9.17) is 9.47 Å². The average molecular weight is 542 g/mol. The van der Waals surface area contributed by atoms with E-state index in [9.17, 15) is 18.0 Å². The third-order valence-corrected chi connectivity index (χ3v) is 6.19. The highest BCUT2D eigenvalue weighted by Crippen LogP contribution is 2.34. The van der Waals surface area contributed by atoms with E-state index < -0.39 is 17.6 Å². The van der Waals surface area contributed by atoms with E-state index in [0.29, 0.717) is 28.0 Å². The molecule has 4 rings (SSSR count). The number of alkyl halides is 3. The van der Waals surface area contributed by atoms with Gasteiger partial charge < -0.3 is 9.47 Å². The summed E-state index contributed by atoms with van der Waals surface area (Å²) in [5, 5.41) is 12.9. The summed E-state index contributed by atoms with van der Waals surface area (Å²) in [7, 11) is 3.10. The highest BCUT2D eigenvalue weighted by molar-refractivity contribution is 7.99. The summed E-state index contributed by atoms with van der Waals surface area (Å²) in [5.41, 5.74) is 3.55. The first-order valence-electron chi connectivity index (χ1n) is 11.2. The molecule has 1 N–H and O–H groups in total. The van der Waals surface area contributed by atoms with Gasteiger partial charge in [0.2, 0.25) is 0 Å². The van der Waals surface area contributed by atoms with Crippen LogP contribution in [0.5, 0.6) is 11.5 Å². The molecule has 0 saturated carbocycles. The molecule has 3 aromatic carbocycles. The third-order valence-electron chi connectivity index (χ3n) is 5.26. The van der Waals surface area contributed by atoms with Gasteiger partial charge in [-0.15, -0.1) is 10.2 Å². The number of thioether (sulfide) groups is 1. The van der Waals surface area contributed by atoms with Crippen LogP contribution in [0.4, 0.5) is 13.2 Å². The molecule has 1 amide bonds. The molecule has 0 fully saturated rings. The lowest BCUT2D eigenvalue weighted by atomic mass is 10.1. The van der Waals surface area contributed by atoms with Crippen LogP contribution in [0.25, 0.3) is 17.1 Å². The van der Waals surface area contributed by atoms with Crippen LogP contribution in [-0.4, -0.2) is 46.9 Å². The van der Waals surface area contributed by atoms with Crippen LogP contribution < -0.4 is 14.9 Å². The summed E-state index contributed by atoms with van der Waals surface area (Å²) in [6.07, 6.45) is -3.15. The second kappa shape index (κ2) is 11.8. The fraction of sp³-hybridized carbons (Fsp3) is 0.154. The number of rotatable bonds is 9. The lowest BCUT2D eigenvalue weighted by Crippen LogP contribution is -2.20. The van der Waals surface area contributed by atoms with Crippen LogP contribution in [0.1, 0.15) is 11.1 Å². The number of ether oxygens (including phenoxy) is 2. The number of nitrogens with zero attached hydrogens (tertiary/aromatic N) is 4. The zero-order chi connectivity index (χ0) is 27.1. The zero-order valence-corrected chi connectivity index (χ0v) is 21.1. The van der Waals surface area contributed by atoms with Crippen LogP contribution in [0.3, 0.4) is 0 Å². The maximum absolute atomic E-state index is 12.7. The van der Waals surface area contributed by atoms with Gasteiger partial charge in [-0.2, -0.15) is 18.3 Å². The van der Waals surface area contributed by atoms with E-state index in [0.717, 1.165) is 35.1 Å². The Morgan fingerprint density at radius 2 is 1.71 bits per heavy atom. The number of nitrogens with one attached hydrogen (secondary N) is 1. The number of carbonyl (C=O) groups is 1. The molecule has 38 heavy (non-hydrogen) atoms. The molecule has 0 aliphatic rings. The molecule has 12 heteroatoms. The first kappa shape index (κ1) is 26.7. The molecule has 0 aliphatic heterocycles. The summed E-state index contributed by atoms with van der Waals surface area (Å²) in [4.78, 5) is 12.4. The molecule has 196 valence electrons. The Labute approximate surface area is 220 Å². The van der Waals surface area contributed by atoms with Crippen molar-refractivity contribution in [1.82, 2.24) is 20.2 Å². The molecule has 4 aromatic rings. The van der Waals surface area contributed by atoms with Crippen molar-refractivity contribution < 1.29 is 27.4 Å². The maximum Gasteiger partial charge on any atom is 0.416 e. The summed E-state index contributed by atoms with van der Waals surface area (Å²) < 4.78 is 50.6. The Morgan fingerprint density at radius 1 is 1.00 bits per heavy atom. The van der Waals surface area contributed by atoms with Gasteiger partial charge in [-0.25, -0.2) is 5.43 Å². The topological polar surface area (TPSA) is 90.6 Å². The van der Waals surface area contributed by atoms with Crippen molar-refractivity contribution in [2.45, 2.75) is 11.3 Å². The molecule has 0 radical (unpaired) electrons. The fourth-order valence-electron chi connectivity index (χ4n) is 3.43. The Hall–Kier alpha value is -4.32. The summed E-state index contributed by atoms with van der Waals surface area (Å²) in [6, 6.07) is 19.3. The van der Waals surface area contributed by atoms with Gasteiger partial charge in [-0.1, -0.05) is 42.1 Å². The minimum atomic E-state index is -4.42. The van der Waals surface area contributed by atoms with Crippen molar-refractivity contribution in [1.29, 1.82) is 0 Å². The summed E-state index contributed by atoms with van der Waals surface area (Å²) >= 11 is 1.16. The molecule has 0 saturated heterocycles. The normalized spacial score (nSPS) is 11.5. The molecular formula is C26H22F3N5O3S. The highest BCUT2D eigenvalue weighted by atomic mass is 32.2. The average Bonchev–Trinajstić information content (AvgIpc) is 3.35. The first-order chi connectivity index (χ1) is 18.3. The molecular weight excluding hydrogens is 519 g/mol. The first-order valence-corrected chi connectivity index (χ1v) is 12.1. The van der Waals surface area contributed by atoms with Crippen LogP contribution in [0, 0.1) is 0 Å². The quantitative estimate of drug-likeness (QED) is 0.178. The highest BCUT2D eigenvalue weighted by Gasteiger charge is 2.29. The van der Waals surface area contributed by atoms with Crippen molar-refractivity contribution in [3.05, 3.63) is 83.9 Å². The van der Waals surface area contributed by atoms with Gasteiger partial charge in [-0.3, -0.25) is 9.36 Å². The predicted octanol–water partition coefficient (Wildman–Crippen LogP) is 5.21. The van der Waals surface area contributed by atoms with Crippen molar-refractivity contribution in [2.24, 2.45) is 5.10 Å². The predicted molar refractivity (Wildman–Crippen MR) is 138 cm³/mol. The molecule has 0 atom stereocenters. The standard InChI is InChI=1S/C26H22F3N5O3S/c1-36-21-13-10-18(14-22(21)37-2)24-32-33-25(34(24)20-6-4-3-5-7-20)38-16-23(35)31-30-15-17-8-11-19(12-9-17)26(27,28)29/h3-15H,16H2,1-2H3,(H,31,35)/b30-15-. The minimum Gasteiger partial charge on any atom is -0.493 e. The smallest absolute Gasteiger partial charge is 0.416 e. The fourth-order valence-corrected chi connectivity index (χ4v) is 4.18. The minimum absolute atomic E-state index is 0.0265. The number of carbonyl (C=O) groups excluding carboxylic acids is 1.